The lowest BCUT2D eigenvalue weighted by molar-refractivity contribution is -0.136. The molecule has 98 valence electrons. The standard InChI is InChI=1S/C15H14O4/c16-13-3-1-2-12(8-13)10-19-14-6-4-11(5-7-14)9-15(17)18/h1-8,16H,9-10H2,(H,17,18). The molecule has 0 amide bonds. The van der Waals surface area contributed by atoms with Crippen molar-refractivity contribution in [2.45, 2.75) is 13.0 Å². The molecule has 0 heterocycles. The van der Waals surface area contributed by atoms with Crippen LogP contribution in [0.4, 0.5) is 0 Å². The predicted molar refractivity (Wildman–Crippen MR) is 70.2 cm³/mol. The summed E-state index contributed by atoms with van der Waals surface area (Å²) in [6, 6.07) is 13.8. The number of carboxylic acid groups (broad SMARTS) is 1. The van der Waals surface area contributed by atoms with Crippen molar-refractivity contribution in [1.29, 1.82) is 0 Å². The van der Waals surface area contributed by atoms with Crippen LogP contribution < -0.4 is 4.74 Å². The molecule has 0 aliphatic rings. The van der Waals surface area contributed by atoms with Crippen LogP contribution in [0.25, 0.3) is 0 Å². The van der Waals surface area contributed by atoms with Gasteiger partial charge in [-0.25, -0.2) is 0 Å². The lowest BCUT2D eigenvalue weighted by atomic mass is 10.1. The second kappa shape index (κ2) is 5.91. The van der Waals surface area contributed by atoms with Crippen molar-refractivity contribution in [3.05, 3.63) is 59.7 Å². The van der Waals surface area contributed by atoms with E-state index in [2.05, 4.69) is 0 Å². The molecular weight excluding hydrogens is 244 g/mol. The fourth-order valence-electron chi connectivity index (χ4n) is 1.69. The Hall–Kier alpha value is -2.49. The van der Waals surface area contributed by atoms with E-state index in [4.69, 9.17) is 9.84 Å². The molecule has 0 bridgehead atoms. The van der Waals surface area contributed by atoms with Gasteiger partial charge in [0.05, 0.1) is 6.42 Å². The van der Waals surface area contributed by atoms with Gasteiger partial charge in [-0.15, -0.1) is 0 Å². The number of carboxylic acids is 1. The van der Waals surface area contributed by atoms with Gasteiger partial charge >= 0.3 is 5.97 Å². The van der Waals surface area contributed by atoms with Gasteiger partial charge in [0.15, 0.2) is 0 Å². The van der Waals surface area contributed by atoms with Gasteiger partial charge in [0.25, 0.3) is 0 Å². The molecule has 0 spiro atoms. The molecule has 2 N–H and O–H groups in total. The maximum Gasteiger partial charge on any atom is 0.307 e. The summed E-state index contributed by atoms with van der Waals surface area (Å²) in [6.45, 7) is 0.354. The first-order valence-corrected chi connectivity index (χ1v) is 5.85. The smallest absolute Gasteiger partial charge is 0.307 e. The Bertz CT molecular complexity index is 561. The van der Waals surface area contributed by atoms with Gasteiger partial charge in [0.1, 0.15) is 18.1 Å². The summed E-state index contributed by atoms with van der Waals surface area (Å²) < 4.78 is 5.55. The minimum atomic E-state index is -0.853. The highest BCUT2D eigenvalue weighted by Gasteiger charge is 2.01. The fourth-order valence-corrected chi connectivity index (χ4v) is 1.69. The minimum Gasteiger partial charge on any atom is -0.508 e. The van der Waals surface area contributed by atoms with Crippen LogP contribution >= 0.6 is 0 Å². The summed E-state index contributed by atoms with van der Waals surface area (Å²) in [5, 5.41) is 18.0. The van der Waals surface area contributed by atoms with E-state index in [0.29, 0.717) is 12.4 Å². The van der Waals surface area contributed by atoms with E-state index in [1.165, 1.54) is 0 Å². The van der Waals surface area contributed by atoms with Crippen molar-refractivity contribution in [2.24, 2.45) is 0 Å². The molecule has 0 aliphatic carbocycles. The summed E-state index contributed by atoms with van der Waals surface area (Å²) in [6.07, 6.45) is 0.00678. The SMILES string of the molecule is O=C(O)Cc1ccc(OCc2cccc(O)c2)cc1. The number of phenols is 1. The van der Waals surface area contributed by atoms with E-state index in [1.54, 1.807) is 42.5 Å². The van der Waals surface area contributed by atoms with Gasteiger partial charge in [0.2, 0.25) is 0 Å². The topological polar surface area (TPSA) is 66.8 Å². The average molecular weight is 258 g/mol. The largest absolute Gasteiger partial charge is 0.508 e. The number of ether oxygens (including phenoxy) is 1. The first kappa shape index (κ1) is 13.0. The number of benzene rings is 2. The number of hydrogen-bond donors (Lipinski definition) is 2. The van der Waals surface area contributed by atoms with Crippen LogP contribution in [0.15, 0.2) is 48.5 Å². The summed E-state index contributed by atoms with van der Waals surface area (Å²) in [5.74, 6) is 0.0174. The van der Waals surface area contributed by atoms with Crippen molar-refractivity contribution >= 4 is 5.97 Å². The summed E-state index contributed by atoms with van der Waals surface area (Å²) >= 11 is 0. The second-order valence-electron chi connectivity index (χ2n) is 4.17. The van der Waals surface area contributed by atoms with Crippen LogP contribution in [0.2, 0.25) is 0 Å². The molecule has 4 nitrogen and oxygen atoms in total. The van der Waals surface area contributed by atoms with Gasteiger partial charge in [-0.1, -0.05) is 24.3 Å². The number of phenolic OH excluding ortho intramolecular Hbond substituents is 1. The van der Waals surface area contributed by atoms with E-state index >= 15 is 0 Å². The second-order valence-corrected chi connectivity index (χ2v) is 4.17. The van der Waals surface area contributed by atoms with Crippen LogP contribution in [0.3, 0.4) is 0 Å². The van der Waals surface area contributed by atoms with Crippen molar-refractivity contribution < 1.29 is 19.7 Å². The number of carbonyl (C=O) groups is 1. The molecular formula is C15H14O4. The quantitative estimate of drug-likeness (QED) is 0.865. The Kier molecular flexibility index (Phi) is 4.03. The molecule has 0 unspecified atom stereocenters. The lowest BCUT2D eigenvalue weighted by Gasteiger charge is -2.07. The van der Waals surface area contributed by atoms with E-state index in [0.717, 1.165) is 11.1 Å². The van der Waals surface area contributed by atoms with Crippen molar-refractivity contribution in [1.82, 2.24) is 0 Å². The highest BCUT2D eigenvalue weighted by molar-refractivity contribution is 5.70. The fraction of sp³-hybridized carbons (Fsp3) is 0.133. The first-order chi connectivity index (χ1) is 9.13. The number of aromatic hydroxyl groups is 1. The molecule has 0 radical (unpaired) electrons. The molecule has 0 saturated heterocycles. The van der Waals surface area contributed by atoms with Crippen LogP contribution in [0.5, 0.6) is 11.5 Å². The molecule has 4 heteroatoms. The number of rotatable bonds is 5. The van der Waals surface area contributed by atoms with Gasteiger partial charge in [-0.3, -0.25) is 4.79 Å². The third kappa shape index (κ3) is 4.03. The van der Waals surface area contributed by atoms with E-state index in [-0.39, 0.29) is 12.2 Å². The Morgan fingerprint density at radius 3 is 2.42 bits per heavy atom. The molecule has 0 aromatic heterocycles. The van der Waals surface area contributed by atoms with Gasteiger partial charge in [0, 0.05) is 0 Å². The molecule has 0 saturated carbocycles. The lowest BCUT2D eigenvalue weighted by Crippen LogP contribution is -2.00. The van der Waals surface area contributed by atoms with Gasteiger partial charge in [-0.2, -0.15) is 0 Å². The Morgan fingerprint density at radius 2 is 1.79 bits per heavy atom. The zero-order chi connectivity index (χ0) is 13.7. The monoisotopic (exact) mass is 258 g/mol. The summed E-state index contributed by atoms with van der Waals surface area (Å²) in [5.41, 5.74) is 1.60. The van der Waals surface area contributed by atoms with Crippen LogP contribution in [-0.2, 0) is 17.8 Å². The highest BCUT2D eigenvalue weighted by atomic mass is 16.5. The molecule has 2 aromatic carbocycles. The van der Waals surface area contributed by atoms with Crippen LogP contribution in [0.1, 0.15) is 11.1 Å². The molecule has 2 rings (SSSR count). The van der Waals surface area contributed by atoms with Crippen LogP contribution in [-0.4, -0.2) is 16.2 Å². The molecule has 0 fully saturated rings. The van der Waals surface area contributed by atoms with E-state index in [9.17, 15) is 9.90 Å². The van der Waals surface area contributed by atoms with Crippen molar-refractivity contribution in [2.75, 3.05) is 0 Å². The van der Waals surface area contributed by atoms with Gasteiger partial charge < -0.3 is 14.9 Å². The molecule has 0 aliphatic heterocycles. The molecule has 2 aromatic rings. The Morgan fingerprint density at radius 1 is 1.05 bits per heavy atom. The third-order valence-corrected chi connectivity index (χ3v) is 2.59. The molecule has 0 atom stereocenters. The Labute approximate surface area is 110 Å². The molecule has 19 heavy (non-hydrogen) atoms. The highest BCUT2D eigenvalue weighted by Crippen LogP contribution is 2.16. The normalized spacial score (nSPS) is 10.1. The zero-order valence-corrected chi connectivity index (χ0v) is 10.2. The summed E-state index contributed by atoms with van der Waals surface area (Å²) in [7, 11) is 0. The maximum absolute atomic E-state index is 10.5. The van der Waals surface area contributed by atoms with E-state index in [1.807, 2.05) is 6.07 Å². The van der Waals surface area contributed by atoms with Crippen molar-refractivity contribution in [3.8, 4) is 11.5 Å². The zero-order valence-electron chi connectivity index (χ0n) is 10.2. The van der Waals surface area contributed by atoms with Crippen LogP contribution in [0, 0.1) is 0 Å². The Balaban J connectivity index is 1.94. The van der Waals surface area contributed by atoms with Crippen molar-refractivity contribution in [3.63, 3.8) is 0 Å². The average Bonchev–Trinajstić information content (AvgIpc) is 2.37. The third-order valence-electron chi connectivity index (χ3n) is 2.59. The summed E-state index contributed by atoms with van der Waals surface area (Å²) in [4.78, 5) is 10.5. The van der Waals surface area contributed by atoms with Gasteiger partial charge in [-0.05, 0) is 35.4 Å². The first-order valence-electron chi connectivity index (χ1n) is 5.85. The number of hydrogen-bond acceptors (Lipinski definition) is 3. The maximum atomic E-state index is 10.5. The predicted octanol–water partition coefficient (Wildman–Crippen LogP) is 2.60. The number of aliphatic carboxylic acids is 1. The minimum absolute atomic E-state index is 0.00678. The van der Waals surface area contributed by atoms with E-state index < -0.39 is 5.97 Å².